The summed E-state index contributed by atoms with van der Waals surface area (Å²) in [5, 5.41) is 17.9. The fourth-order valence-corrected chi connectivity index (χ4v) is 3.24. The van der Waals surface area contributed by atoms with E-state index < -0.39 is 10.9 Å². The van der Waals surface area contributed by atoms with Gasteiger partial charge in [0.1, 0.15) is 0 Å². The molecule has 2 aromatic rings. The fraction of sp³-hybridized carbons (Fsp3) is 0.238. The van der Waals surface area contributed by atoms with Gasteiger partial charge in [0.15, 0.2) is 0 Å². The molecular weight excluding hydrogens is 358 g/mol. The van der Waals surface area contributed by atoms with Gasteiger partial charge in [0, 0.05) is 24.3 Å². The van der Waals surface area contributed by atoms with Crippen LogP contribution in [0.1, 0.15) is 37.4 Å². The van der Waals surface area contributed by atoms with E-state index in [1.165, 1.54) is 12.1 Å². The van der Waals surface area contributed by atoms with Crippen LogP contribution < -0.4 is 0 Å². The van der Waals surface area contributed by atoms with Crippen molar-refractivity contribution in [2.75, 3.05) is 6.61 Å². The summed E-state index contributed by atoms with van der Waals surface area (Å²) in [4.78, 5) is 23.0. The molecule has 0 spiro atoms. The molecule has 0 bridgehead atoms. The van der Waals surface area contributed by atoms with E-state index >= 15 is 0 Å². The highest BCUT2D eigenvalue weighted by Crippen LogP contribution is 2.39. The number of hydrogen-bond acceptors (Lipinski definition) is 6. The SMILES string of the molecule is CCOC(=O)C=C(C)N1N=C(c2ccccc2)CC1c1ccccc1[N+](=O)[O-]. The Kier molecular flexibility index (Phi) is 5.84. The summed E-state index contributed by atoms with van der Waals surface area (Å²) in [6.45, 7) is 3.75. The number of hydrazone groups is 1. The molecule has 0 N–H and O–H groups in total. The predicted octanol–water partition coefficient (Wildman–Crippen LogP) is 4.21. The Balaban J connectivity index is 2.03. The molecule has 0 amide bonds. The van der Waals surface area contributed by atoms with Gasteiger partial charge in [-0.15, -0.1) is 0 Å². The van der Waals surface area contributed by atoms with E-state index in [0.717, 1.165) is 11.3 Å². The third-order valence-corrected chi connectivity index (χ3v) is 4.48. The van der Waals surface area contributed by atoms with Crippen LogP contribution in [0.5, 0.6) is 0 Å². The number of ether oxygens (including phenoxy) is 1. The highest BCUT2D eigenvalue weighted by atomic mass is 16.6. The zero-order chi connectivity index (χ0) is 20.1. The van der Waals surface area contributed by atoms with E-state index in [1.54, 1.807) is 37.1 Å². The summed E-state index contributed by atoms with van der Waals surface area (Å²) in [6, 6.07) is 15.9. The number of allylic oxidation sites excluding steroid dienone is 1. The molecule has 0 saturated carbocycles. The smallest absolute Gasteiger partial charge is 0.332 e. The third-order valence-electron chi connectivity index (χ3n) is 4.48. The molecule has 1 aliphatic heterocycles. The van der Waals surface area contributed by atoms with Crippen molar-refractivity contribution in [1.29, 1.82) is 0 Å². The van der Waals surface area contributed by atoms with E-state index in [-0.39, 0.29) is 18.3 Å². The Hall–Kier alpha value is -3.48. The van der Waals surface area contributed by atoms with Crippen molar-refractivity contribution in [2.24, 2.45) is 5.10 Å². The van der Waals surface area contributed by atoms with E-state index in [0.29, 0.717) is 17.7 Å². The number of nitro benzene ring substituents is 1. The number of carbonyl (C=O) groups excluding carboxylic acids is 1. The number of para-hydroxylation sites is 1. The second-order valence-corrected chi connectivity index (χ2v) is 6.33. The second kappa shape index (κ2) is 8.47. The lowest BCUT2D eigenvalue weighted by Gasteiger charge is -2.24. The number of nitro groups is 1. The van der Waals surface area contributed by atoms with Crippen LogP contribution in [-0.2, 0) is 9.53 Å². The van der Waals surface area contributed by atoms with Crippen LogP contribution in [0.15, 0.2) is 71.5 Å². The molecule has 28 heavy (non-hydrogen) atoms. The monoisotopic (exact) mass is 379 g/mol. The first-order valence-corrected chi connectivity index (χ1v) is 9.01. The Morgan fingerprint density at radius 3 is 2.61 bits per heavy atom. The first-order chi connectivity index (χ1) is 13.5. The molecule has 1 aliphatic rings. The first kappa shape index (κ1) is 19.3. The largest absolute Gasteiger partial charge is 0.463 e. The molecule has 144 valence electrons. The minimum Gasteiger partial charge on any atom is -0.463 e. The van der Waals surface area contributed by atoms with Gasteiger partial charge in [-0.2, -0.15) is 5.10 Å². The molecule has 0 aromatic heterocycles. The molecule has 7 heteroatoms. The first-order valence-electron chi connectivity index (χ1n) is 9.01. The van der Waals surface area contributed by atoms with Gasteiger partial charge >= 0.3 is 5.97 Å². The molecule has 7 nitrogen and oxygen atoms in total. The normalized spacial score (nSPS) is 16.6. The molecule has 3 rings (SSSR count). The Labute approximate surface area is 163 Å². The molecule has 0 radical (unpaired) electrons. The number of rotatable bonds is 6. The van der Waals surface area contributed by atoms with Crippen LogP contribution in [0.4, 0.5) is 5.69 Å². The lowest BCUT2D eigenvalue weighted by atomic mass is 9.97. The van der Waals surface area contributed by atoms with Gasteiger partial charge in [-0.05, 0) is 25.5 Å². The number of benzene rings is 2. The quantitative estimate of drug-likeness (QED) is 0.325. The molecule has 1 atom stereocenters. The van der Waals surface area contributed by atoms with Crippen LogP contribution in [0.25, 0.3) is 0 Å². The fourth-order valence-electron chi connectivity index (χ4n) is 3.24. The average molecular weight is 379 g/mol. The number of nitrogens with zero attached hydrogens (tertiary/aromatic N) is 3. The molecule has 0 fully saturated rings. The van der Waals surface area contributed by atoms with Crippen molar-refractivity contribution in [3.05, 3.63) is 87.6 Å². The van der Waals surface area contributed by atoms with Gasteiger partial charge in [-0.3, -0.25) is 15.1 Å². The Morgan fingerprint density at radius 2 is 1.93 bits per heavy atom. The molecule has 1 unspecified atom stereocenters. The van der Waals surface area contributed by atoms with Crippen LogP contribution in [0, 0.1) is 10.1 Å². The summed E-state index contributed by atoms with van der Waals surface area (Å²) in [5.74, 6) is -0.468. The van der Waals surface area contributed by atoms with E-state index in [1.807, 2.05) is 30.3 Å². The molecular formula is C21H21N3O4. The zero-order valence-corrected chi connectivity index (χ0v) is 15.7. The molecule has 0 aliphatic carbocycles. The summed E-state index contributed by atoms with van der Waals surface area (Å²) < 4.78 is 4.99. The average Bonchev–Trinajstić information content (AvgIpc) is 3.14. The standard InChI is InChI=1S/C21H21N3O4/c1-3-28-21(25)13-15(2)23-20(17-11-7-8-12-19(17)24(26)27)14-18(22-23)16-9-5-4-6-10-16/h4-13,20H,3,14H2,1-2H3. The summed E-state index contributed by atoms with van der Waals surface area (Å²) in [7, 11) is 0. The topological polar surface area (TPSA) is 85.0 Å². The van der Waals surface area contributed by atoms with E-state index in [4.69, 9.17) is 4.74 Å². The van der Waals surface area contributed by atoms with Crippen molar-refractivity contribution in [1.82, 2.24) is 5.01 Å². The number of hydrogen-bond donors (Lipinski definition) is 0. The van der Waals surface area contributed by atoms with Crippen molar-refractivity contribution in [2.45, 2.75) is 26.3 Å². The van der Waals surface area contributed by atoms with Gasteiger partial charge in [0.25, 0.3) is 5.69 Å². The van der Waals surface area contributed by atoms with Gasteiger partial charge in [0.05, 0.1) is 28.8 Å². The lowest BCUT2D eigenvalue weighted by molar-refractivity contribution is -0.385. The Morgan fingerprint density at radius 1 is 1.25 bits per heavy atom. The van der Waals surface area contributed by atoms with Crippen molar-refractivity contribution in [3.63, 3.8) is 0 Å². The molecule has 0 saturated heterocycles. The minimum absolute atomic E-state index is 0.0333. The third kappa shape index (κ3) is 4.09. The van der Waals surface area contributed by atoms with Crippen LogP contribution in [0.2, 0.25) is 0 Å². The summed E-state index contributed by atoms with van der Waals surface area (Å²) in [6.07, 6.45) is 1.85. The van der Waals surface area contributed by atoms with Crippen molar-refractivity contribution >= 4 is 17.4 Å². The summed E-state index contributed by atoms with van der Waals surface area (Å²) in [5.41, 5.74) is 2.90. The zero-order valence-electron chi connectivity index (χ0n) is 15.7. The Bertz CT molecular complexity index is 938. The van der Waals surface area contributed by atoms with Gasteiger partial charge in [0.2, 0.25) is 0 Å². The van der Waals surface area contributed by atoms with Crippen molar-refractivity contribution < 1.29 is 14.5 Å². The van der Waals surface area contributed by atoms with E-state index in [9.17, 15) is 14.9 Å². The van der Waals surface area contributed by atoms with Gasteiger partial charge in [-0.1, -0.05) is 42.5 Å². The van der Waals surface area contributed by atoms with Gasteiger partial charge in [-0.25, -0.2) is 4.79 Å². The molecule has 2 aromatic carbocycles. The van der Waals surface area contributed by atoms with Crippen LogP contribution in [-0.4, -0.2) is 28.2 Å². The second-order valence-electron chi connectivity index (χ2n) is 6.33. The van der Waals surface area contributed by atoms with Crippen LogP contribution in [0.3, 0.4) is 0 Å². The predicted molar refractivity (Wildman–Crippen MR) is 106 cm³/mol. The minimum atomic E-state index is -0.468. The molecule has 1 heterocycles. The van der Waals surface area contributed by atoms with Gasteiger partial charge < -0.3 is 4.74 Å². The summed E-state index contributed by atoms with van der Waals surface area (Å²) >= 11 is 0. The van der Waals surface area contributed by atoms with Crippen molar-refractivity contribution in [3.8, 4) is 0 Å². The maximum atomic E-state index is 11.9. The maximum absolute atomic E-state index is 11.9. The highest BCUT2D eigenvalue weighted by Gasteiger charge is 2.34. The van der Waals surface area contributed by atoms with Crippen LogP contribution >= 0.6 is 0 Å². The highest BCUT2D eigenvalue weighted by molar-refractivity contribution is 6.02. The maximum Gasteiger partial charge on any atom is 0.332 e. The number of carbonyl (C=O) groups is 1. The van der Waals surface area contributed by atoms with E-state index in [2.05, 4.69) is 5.10 Å². The number of esters is 1. The lowest BCUT2D eigenvalue weighted by Crippen LogP contribution is -2.19.